The van der Waals surface area contributed by atoms with Crippen molar-refractivity contribution in [2.45, 2.75) is 32.0 Å². The SMILES string of the molecule is CCc1ccc(N(CC)C(=O)CSc2nc3ccccc3c(=O)n2Cc2cccc(Cl)c2)cc1. The lowest BCUT2D eigenvalue weighted by molar-refractivity contribution is -0.116. The minimum absolute atomic E-state index is 0.0338. The number of nitrogens with zero attached hydrogens (tertiary/aromatic N) is 3. The van der Waals surface area contributed by atoms with E-state index in [1.54, 1.807) is 21.6 Å². The Morgan fingerprint density at radius 2 is 1.76 bits per heavy atom. The van der Waals surface area contributed by atoms with Crippen molar-refractivity contribution in [1.82, 2.24) is 9.55 Å². The summed E-state index contributed by atoms with van der Waals surface area (Å²) in [5.74, 6) is 0.137. The van der Waals surface area contributed by atoms with Crippen molar-refractivity contribution >= 4 is 45.9 Å². The van der Waals surface area contributed by atoms with Crippen LogP contribution in [0.2, 0.25) is 5.02 Å². The van der Waals surface area contributed by atoms with Gasteiger partial charge in [0.15, 0.2) is 5.16 Å². The van der Waals surface area contributed by atoms with Gasteiger partial charge in [-0.05, 0) is 60.9 Å². The molecule has 1 heterocycles. The molecule has 7 heteroatoms. The van der Waals surface area contributed by atoms with Crippen LogP contribution in [0.3, 0.4) is 0 Å². The van der Waals surface area contributed by atoms with Crippen LogP contribution in [0, 0.1) is 0 Å². The average molecular weight is 492 g/mol. The van der Waals surface area contributed by atoms with E-state index in [1.165, 1.54) is 17.3 Å². The second-order valence-electron chi connectivity index (χ2n) is 7.88. The van der Waals surface area contributed by atoms with Crippen molar-refractivity contribution in [1.29, 1.82) is 0 Å². The highest BCUT2D eigenvalue weighted by Crippen LogP contribution is 2.22. The van der Waals surface area contributed by atoms with Gasteiger partial charge in [-0.1, -0.05) is 66.7 Å². The Morgan fingerprint density at radius 3 is 2.47 bits per heavy atom. The molecule has 0 N–H and O–H groups in total. The monoisotopic (exact) mass is 491 g/mol. The summed E-state index contributed by atoms with van der Waals surface area (Å²) in [6.45, 7) is 4.95. The second-order valence-corrected chi connectivity index (χ2v) is 9.26. The summed E-state index contributed by atoms with van der Waals surface area (Å²) in [5.41, 5.74) is 3.47. The standard InChI is InChI=1S/C27H26ClN3O2S/c1-3-19-12-14-22(15-13-19)30(4-2)25(32)18-34-27-29-24-11-6-5-10-23(24)26(33)31(27)17-20-8-7-9-21(28)16-20/h5-16H,3-4,17-18H2,1-2H3. The number of aromatic nitrogens is 2. The topological polar surface area (TPSA) is 55.2 Å². The Balaban J connectivity index is 1.63. The van der Waals surface area contributed by atoms with Crippen LogP contribution >= 0.6 is 23.4 Å². The van der Waals surface area contributed by atoms with Crippen LogP contribution in [-0.4, -0.2) is 27.8 Å². The maximum Gasteiger partial charge on any atom is 0.262 e. The smallest absolute Gasteiger partial charge is 0.262 e. The molecule has 0 radical (unpaired) electrons. The first kappa shape index (κ1) is 24.0. The average Bonchev–Trinajstić information content (AvgIpc) is 2.85. The van der Waals surface area contributed by atoms with E-state index in [0.717, 1.165) is 17.7 Å². The van der Waals surface area contributed by atoms with Gasteiger partial charge in [-0.3, -0.25) is 14.2 Å². The fourth-order valence-corrected chi connectivity index (χ4v) is 4.92. The molecule has 0 saturated carbocycles. The summed E-state index contributed by atoms with van der Waals surface area (Å²) >= 11 is 7.44. The van der Waals surface area contributed by atoms with Crippen molar-refractivity contribution in [3.05, 3.63) is 99.3 Å². The lowest BCUT2D eigenvalue weighted by Crippen LogP contribution is -2.32. The van der Waals surface area contributed by atoms with Crippen molar-refractivity contribution in [3.8, 4) is 0 Å². The number of anilines is 1. The van der Waals surface area contributed by atoms with Gasteiger partial charge in [0.25, 0.3) is 5.56 Å². The lowest BCUT2D eigenvalue weighted by Gasteiger charge is -2.21. The highest BCUT2D eigenvalue weighted by molar-refractivity contribution is 7.99. The molecule has 0 aliphatic carbocycles. The number of hydrogen-bond acceptors (Lipinski definition) is 4. The Bertz CT molecular complexity index is 1370. The van der Waals surface area contributed by atoms with Gasteiger partial charge in [0.05, 0.1) is 23.2 Å². The Labute approximate surface area is 208 Å². The van der Waals surface area contributed by atoms with E-state index < -0.39 is 0 Å². The maximum absolute atomic E-state index is 13.3. The summed E-state index contributed by atoms with van der Waals surface area (Å²) in [4.78, 5) is 33.0. The van der Waals surface area contributed by atoms with E-state index in [9.17, 15) is 9.59 Å². The summed E-state index contributed by atoms with van der Waals surface area (Å²) in [7, 11) is 0. The predicted octanol–water partition coefficient (Wildman–Crippen LogP) is 5.81. The number of hydrogen-bond donors (Lipinski definition) is 0. The minimum atomic E-state index is -0.136. The molecule has 0 fully saturated rings. The molecule has 0 atom stereocenters. The molecule has 0 unspecified atom stereocenters. The van der Waals surface area contributed by atoms with E-state index in [1.807, 2.05) is 67.6 Å². The van der Waals surface area contributed by atoms with Crippen molar-refractivity contribution in [2.75, 3.05) is 17.2 Å². The largest absolute Gasteiger partial charge is 0.312 e. The molecule has 0 saturated heterocycles. The Morgan fingerprint density at radius 1 is 1.00 bits per heavy atom. The fourth-order valence-electron chi connectivity index (χ4n) is 3.83. The first-order valence-electron chi connectivity index (χ1n) is 11.3. The lowest BCUT2D eigenvalue weighted by atomic mass is 10.1. The molecule has 174 valence electrons. The van der Waals surface area contributed by atoms with Crippen LogP contribution in [0.1, 0.15) is 25.0 Å². The quantitative estimate of drug-likeness (QED) is 0.231. The number of aryl methyl sites for hydroxylation is 1. The molecule has 5 nitrogen and oxygen atoms in total. The predicted molar refractivity (Wildman–Crippen MR) is 141 cm³/mol. The number of benzene rings is 3. The highest BCUT2D eigenvalue weighted by atomic mass is 35.5. The van der Waals surface area contributed by atoms with Crippen LogP contribution in [0.4, 0.5) is 5.69 Å². The number of thioether (sulfide) groups is 1. The summed E-state index contributed by atoms with van der Waals surface area (Å²) in [6, 6.07) is 22.7. The van der Waals surface area contributed by atoms with Crippen molar-refractivity contribution < 1.29 is 4.79 Å². The second kappa shape index (κ2) is 10.9. The normalized spacial score (nSPS) is 11.0. The first-order chi connectivity index (χ1) is 16.5. The third-order valence-electron chi connectivity index (χ3n) is 5.65. The first-order valence-corrected chi connectivity index (χ1v) is 12.6. The fraction of sp³-hybridized carbons (Fsp3) is 0.222. The number of carbonyl (C=O) groups excluding carboxylic acids is 1. The molecule has 1 amide bonds. The van der Waals surface area contributed by atoms with E-state index in [2.05, 4.69) is 6.92 Å². The molecular formula is C27H26ClN3O2S. The summed E-state index contributed by atoms with van der Waals surface area (Å²) in [6.07, 6.45) is 0.952. The van der Waals surface area contributed by atoms with E-state index in [4.69, 9.17) is 16.6 Å². The molecule has 1 aromatic heterocycles. The number of fused-ring (bicyclic) bond motifs is 1. The van der Waals surface area contributed by atoms with Gasteiger partial charge in [0, 0.05) is 17.3 Å². The Kier molecular flexibility index (Phi) is 7.70. The number of halogens is 1. The summed E-state index contributed by atoms with van der Waals surface area (Å²) in [5, 5.41) is 1.66. The third kappa shape index (κ3) is 5.34. The van der Waals surface area contributed by atoms with Gasteiger partial charge < -0.3 is 4.90 Å². The number of amides is 1. The van der Waals surface area contributed by atoms with Crippen molar-refractivity contribution in [3.63, 3.8) is 0 Å². The molecule has 0 bridgehead atoms. The molecule has 0 aliphatic heterocycles. The molecule has 34 heavy (non-hydrogen) atoms. The van der Waals surface area contributed by atoms with Crippen LogP contribution < -0.4 is 10.5 Å². The van der Waals surface area contributed by atoms with Gasteiger partial charge in [0.2, 0.25) is 5.91 Å². The van der Waals surface area contributed by atoms with Gasteiger partial charge in [-0.25, -0.2) is 4.98 Å². The van der Waals surface area contributed by atoms with Crippen molar-refractivity contribution in [2.24, 2.45) is 0 Å². The van der Waals surface area contributed by atoms with Gasteiger partial charge in [-0.2, -0.15) is 0 Å². The number of rotatable bonds is 8. The Hall–Kier alpha value is -3.09. The van der Waals surface area contributed by atoms with Gasteiger partial charge >= 0.3 is 0 Å². The molecule has 4 rings (SSSR count). The number of carbonyl (C=O) groups is 1. The van der Waals surface area contributed by atoms with Crippen LogP contribution in [0.15, 0.2) is 82.7 Å². The third-order valence-corrected chi connectivity index (χ3v) is 6.85. The van der Waals surface area contributed by atoms with E-state index in [-0.39, 0.29) is 17.2 Å². The van der Waals surface area contributed by atoms with Gasteiger partial charge in [0.1, 0.15) is 0 Å². The zero-order chi connectivity index (χ0) is 24.1. The molecule has 0 spiro atoms. The van der Waals surface area contributed by atoms with Gasteiger partial charge in [-0.15, -0.1) is 0 Å². The molecule has 4 aromatic rings. The minimum Gasteiger partial charge on any atom is -0.312 e. The zero-order valence-corrected chi connectivity index (χ0v) is 20.8. The van der Waals surface area contributed by atoms with Crippen LogP contribution in [0.25, 0.3) is 10.9 Å². The highest BCUT2D eigenvalue weighted by Gasteiger charge is 2.18. The number of para-hydroxylation sites is 1. The van der Waals surface area contributed by atoms with Crippen LogP contribution in [-0.2, 0) is 17.8 Å². The zero-order valence-electron chi connectivity index (χ0n) is 19.2. The maximum atomic E-state index is 13.3. The van der Waals surface area contributed by atoms with E-state index in [0.29, 0.717) is 34.2 Å². The van der Waals surface area contributed by atoms with Crippen LogP contribution in [0.5, 0.6) is 0 Å². The summed E-state index contributed by atoms with van der Waals surface area (Å²) < 4.78 is 1.62. The van der Waals surface area contributed by atoms with E-state index >= 15 is 0 Å². The molecule has 3 aromatic carbocycles. The molecular weight excluding hydrogens is 466 g/mol. The molecule has 0 aliphatic rings.